The van der Waals surface area contributed by atoms with Gasteiger partial charge in [-0.1, -0.05) is 59.3 Å². The Hall–Kier alpha value is -4.10. The van der Waals surface area contributed by atoms with Crippen LogP contribution < -0.4 is 34.0 Å². The molecule has 0 bridgehead atoms. The molecule has 0 aliphatic heterocycles. The molecule has 14 nitrogen and oxygen atoms in total. The molecule has 1 fully saturated rings. The molecule has 0 spiro atoms. The van der Waals surface area contributed by atoms with Crippen molar-refractivity contribution in [2.45, 2.75) is 117 Å². The van der Waals surface area contributed by atoms with Crippen molar-refractivity contribution >= 4 is 11.7 Å². The van der Waals surface area contributed by atoms with Gasteiger partial charge in [0.2, 0.25) is 11.8 Å². The van der Waals surface area contributed by atoms with Gasteiger partial charge in [-0.05, 0) is 32.1 Å². The van der Waals surface area contributed by atoms with Crippen LogP contribution in [-0.4, -0.2) is 40.2 Å². The van der Waals surface area contributed by atoms with Crippen LogP contribution in [0.3, 0.4) is 0 Å². The van der Waals surface area contributed by atoms with Crippen molar-refractivity contribution in [3.8, 4) is 11.8 Å². The lowest BCUT2D eigenvalue weighted by atomic mass is 9.95. The van der Waals surface area contributed by atoms with Gasteiger partial charge < -0.3 is 21.7 Å². The lowest BCUT2D eigenvalue weighted by Gasteiger charge is -2.25. The smallest absolute Gasteiger partial charge is 0.334 e. The van der Waals surface area contributed by atoms with Gasteiger partial charge in [0, 0.05) is 25.7 Å². The first-order valence-corrected chi connectivity index (χ1v) is 14.8. The number of nitrogens with two attached hydrogens (primary N) is 2. The molecule has 0 unspecified atom stereocenters. The molecular formula is C28H46N8O6. The molecule has 2 aromatic rings. The van der Waals surface area contributed by atoms with Gasteiger partial charge >= 0.3 is 11.4 Å². The first-order valence-electron chi connectivity index (χ1n) is 14.8. The number of aromatic hydroxyl groups is 2. The van der Waals surface area contributed by atoms with E-state index in [1.54, 1.807) is 0 Å². The maximum Gasteiger partial charge on any atom is 0.334 e. The number of amidine groups is 2. The van der Waals surface area contributed by atoms with Gasteiger partial charge in [0.05, 0.1) is 0 Å². The van der Waals surface area contributed by atoms with Crippen molar-refractivity contribution in [1.82, 2.24) is 18.3 Å². The highest BCUT2D eigenvalue weighted by Crippen LogP contribution is 2.26. The minimum atomic E-state index is -0.693. The third-order valence-electron chi connectivity index (χ3n) is 7.43. The first kappa shape index (κ1) is 34.1. The monoisotopic (exact) mass is 590 g/mol. The summed E-state index contributed by atoms with van der Waals surface area (Å²) in [5, 5.41) is 35.2. The minimum Gasteiger partial charge on any atom is -0.494 e. The van der Waals surface area contributed by atoms with Gasteiger partial charge in [0.25, 0.3) is 11.1 Å². The largest absolute Gasteiger partial charge is 0.494 e. The molecule has 2 heterocycles. The predicted octanol–water partition coefficient (Wildman–Crippen LogP) is 1.90. The van der Waals surface area contributed by atoms with E-state index in [2.05, 4.69) is 0 Å². The van der Waals surface area contributed by atoms with Crippen molar-refractivity contribution < 1.29 is 10.2 Å². The normalized spacial score (nSPS) is 13.4. The number of nitrogen functional groups attached to an aromatic ring is 2. The molecule has 0 saturated heterocycles. The summed E-state index contributed by atoms with van der Waals surface area (Å²) in [4.78, 5) is 49.6. The van der Waals surface area contributed by atoms with Crippen molar-refractivity contribution in [2.75, 3.05) is 0 Å². The average Bonchev–Trinajstić information content (AvgIpc) is 2.93. The Kier molecular flexibility index (Phi) is 12.8. The van der Waals surface area contributed by atoms with Crippen LogP contribution in [0.5, 0.6) is 11.8 Å². The summed E-state index contributed by atoms with van der Waals surface area (Å²) >= 11 is 0. The van der Waals surface area contributed by atoms with Crippen molar-refractivity contribution in [1.29, 1.82) is 10.8 Å². The van der Waals surface area contributed by atoms with Gasteiger partial charge in [-0.15, -0.1) is 0 Å². The second-order valence-corrected chi connectivity index (χ2v) is 10.6. The zero-order valence-corrected chi connectivity index (χ0v) is 24.9. The van der Waals surface area contributed by atoms with Crippen LogP contribution >= 0.6 is 0 Å². The van der Waals surface area contributed by atoms with Gasteiger partial charge in [-0.25, -0.2) is 9.59 Å². The third kappa shape index (κ3) is 7.59. The maximum absolute atomic E-state index is 12.6. The Balaban J connectivity index is 0.000000295. The standard InChI is InChI=1S/C15H24N4O3.C13H22N4O3/c1-2-3-9-18-13(20)11(12(16)17)14(21)19(15(18)22)10-7-5-4-6-8-10;1-3-5-7-16-11(18)9(10(14)15)12(19)17(13(16)20)8-6-4-2/h10,20H,2-9H2,1H3,(H3,16,17);18H,3-8H2,1-2H3,(H3,14,15). The summed E-state index contributed by atoms with van der Waals surface area (Å²) in [6.07, 6.45) is 9.18. The molecular weight excluding hydrogens is 544 g/mol. The fraction of sp³-hybridized carbons (Fsp3) is 0.643. The molecule has 234 valence electrons. The minimum absolute atomic E-state index is 0.166. The highest BCUT2D eigenvalue weighted by molar-refractivity contribution is 5.97. The van der Waals surface area contributed by atoms with Crippen LogP contribution in [0.4, 0.5) is 0 Å². The highest BCUT2D eigenvalue weighted by Gasteiger charge is 2.26. The van der Waals surface area contributed by atoms with E-state index >= 15 is 0 Å². The third-order valence-corrected chi connectivity index (χ3v) is 7.43. The molecule has 1 saturated carbocycles. The lowest BCUT2D eigenvalue weighted by molar-refractivity contribution is 0.314. The molecule has 0 radical (unpaired) electrons. The van der Waals surface area contributed by atoms with E-state index in [4.69, 9.17) is 22.3 Å². The second-order valence-electron chi connectivity index (χ2n) is 10.6. The Morgan fingerprint density at radius 2 is 1.10 bits per heavy atom. The molecule has 0 atom stereocenters. The number of unbranched alkanes of at least 4 members (excludes halogenated alkanes) is 3. The summed E-state index contributed by atoms with van der Waals surface area (Å²) < 4.78 is 4.55. The van der Waals surface area contributed by atoms with E-state index in [9.17, 15) is 29.4 Å². The molecule has 14 heteroatoms. The highest BCUT2D eigenvalue weighted by atomic mass is 16.3. The Labute approximate surface area is 244 Å². The van der Waals surface area contributed by atoms with Crippen LogP contribution in [-0.2, 0) is 19.6 Å². The number of hydrogen-bond donors (Lipinski definition) is 6. The van der Waals surface area contributed by atoms with Crippen LogP contribution in [0.1, 0.15) is 109 Å². The van der Waals surface area contributed by atoms with Crippen LogP contribution in [0.25, 0.3) is 0 Å². The summed E-state index contributed by atoms with van der Waals surface area (Å²) in [7, 11) is 0. The number of rotatable bonds is 12. The zero-order chi connectivity index (χ0) is 31.6. The summed E-state index contributed by atoms with van der Waals surface area (Å²) in [5.74, 6) is -2.02. The summed E-state index contributed by atoms with van der Waals surface area (Å²) in [6, 6.07) is -0.166. The second kappa shape index (κ2) is 15.8. The Morgan fingerprint density at radius 3 is 1.52 bits per heavy atom. The van der Waals surface area contributed by atoms with Gasteiger partial charge in [-0.3, -0.25) is 38.7 Å². The number of hydrogen-bond acceptors (Lipinski definition) is 8. The Bertz CT molecular complexity index is 1490. The van der Waals surface area contributed by atoms with E-state index in [1.807, 2.05) is 20.8 Å². The number of aromatic nitrogens is 4. The molecule has 42 heavy (non-hydrogen) atoms. The van der Waals surface area contributed by atoms with Gasteiger partial charge in [0.15, 0.2) is 0 Å². The van der Waals surface area contributed by atoms with Crippen LogP contribution in [0, 0.1) is 10.8 Å². The molecule has 1 aliphatic carbocycles. The SMILES string of the molecule is CCCCn1c(O)c(C(=N)N)c(=O)n(C2CCCCC2)c1=O.CCCCn1c(O)c(C(=N)N)c(=O)n(CCCC)c1=O. The van der Waals surface area contributed by atoms with Crippen LogP contribution in [0.15, 0.2) is 19.2 Å². The number of nitrogens with zero attached hydrogens (tertiary/aromatic N) is 4. The predicted molar refractivity (Wildman–Crippen MR) is 162 cm³/mol. The molecule has 8 N–H and O–H groups in total. The molecule has 3 rings (SSSR count). The summed E-state index contributed by atoms with van der Waals surface area (Å²) in [5.41, 5.74) is 7.88. The zero-order valence-electron chi connectivity index (χ0n) is 24.9. The topological polar surface area (TPSA) is 228 Å². The lowest BCUT2D eigenvalue weighted by Crippen LogP contribution is -2.45. The molecule has 1 aliphatic rings. The first-order chi connectivity index (χ1) is 19.9. The van der Waals surface area contributed by atoms with Gasteiger partial charge in [0.1, 0.15) is 22.8 Å². The van der Waals surface area contributed by atoms with Crippen molar-refractivity contribution in [2.24, 2.45) is 11.5 Å². The summed E-state index contributed by atoms with van der Waals surface area (Å²) in [6.45, 7) is 6.77. The van der Waals surface area contributed by atoms with Crippen molar-refractivity contribution in [3.63, 3.8) is 0 Å². The maximum atomic E-state index is 12.6. The average molecular weight is 591 g/mol. The molecule has 0 aromatic carbocycles. The Morgan fingerprint density at radius 1 is 0.690 bits per heavy atom. The van der Waals surface area contributed by atoms with E-state index in [0.717, 1.165) is 60.5 Å². The fourth-order valence-corrected chi connectivity index (χ4v) is 5.03. The van der Waals surface area contributed by atoms with Crippen LogP contribution in [0.2, 0.25) is 0 Å². The molecule has 2 aromatic heterocycles. The molecule has 0 amide bonds. The van der Waals surface area contributed by atoms with E-state index in [1.165, 1.54) is 9.13 Å². The van der Waals surface area contributed by atoms with E-state index in [0.29, 0.717) is 32.4 Å². The fourth-order valence-electron chi connectivity index (χ4n) is 5.03. The van der Waals surface area contributed by atoms with E-state index < -0.39 is 45.9 Å². The quantitative estimate of drug-likeness (QED) is 0.158. The van der Waals surface area contributed by atoms with Gasteiger partial charge in [-0.2, -0.15) is 0 Å². The number of nitrogens with one attached hydrogen (secondary N) is 2. The van der Waals surface area contributed by atoms with Crippen molar-refractivity contribution in [3.05, 3.63) is 52.8 Å². The van der Waals surface area contributed by atoms with E-state index in [-0.39, 0.29) is 23.7 Å².